The molecule has 2 aromatic rings. The van der Waals surface area contributed by atoms with Gasteiger partial charge < -0.3 is 24.1 Å². The third-order valence-electron chi connectivity index (χ3n) is 4.47. The third kappa shape index (κ3) is 3.75. The number of sulfonamides is 1. The van der Waals surface area contributed by atoms with Gasteiger partial charge in [0.1, 0.15) is 32.1 Å². The van der Waals surface area contributed by atoms with Gasteiger partial charge in [0.25, 0.3) is 21.8 Å². The van der Waals surface area contributed by atoms with Crippen molar-refractivity contribution in [1.29, 1.82) is 0 Å². The van der Waals surface area contributed by atoms with Crippen LogP contribution in [0.15, 0.2) is 49.4 Å². The van der Waals surface area contributed by atoms with Gasteiger partial charge in [-0.1, -0.05) is 16.8 Å². The molecule has 2 aliphatic rings. The predicted molar refractivity (Wildman–Crippen MR) is 111 cm³/mol. The van der Waals surface area contributed by atoms with Crippen molar-refractivity contribution in [2.45, 2.75) is 18.2 Å². The molecule has 0 fully saturated rings. The summed E-state index contributed by atoms with van der Waals surface area (Å²) in [5.41, 5.74) is 0.363. The molecule has 0 atom stereocenters. The Labute approximate surface area is 190 Å². The van der Waals surface area contributed by atoms with E-state index in [-0.39, 0.29) is 56.7 Å². The molecular weight excluding hydrogens is 486 g/mol. The molecule has 4 rings (SSSR count). The second-order valence-electron chi connectivity index (χ2n) is 6.41. The topological polar surface area (TPSA) is 146 Å². The van der Waals surface area contributed by atoms with Crippen molar-refractivity contribution in [2.24, 2.45) is 0 Å². The molecular formula is C18H14ClN3O8S2. The molecule has 2 aromatic heterocycles. The second kappa shape index (κ2) is 8.36. The third-order valence-corrected chi connectivity index (χ3v) is 7.33. The van der Waals surface area contributed by atoms with E-state index in [0.29, 0.717) is 11.5 Å². The summed E-state index contributed by atoms with van der Waals surface area (Å²) in [4.78, 5) is 24.0. The number of nitrogens with zero attached hydrogens (tertiary/aromatic N) is 1. The monoisotopic (exact) mass is 499 g/mol. The number of carbonyl (C=O) groups excluding carboxylic acids is 2. The van der Waals surface area contributed by atoms with Crippen molar-refractivity contribution in [3.05, 3.63) is 55.6 Å². The Morgan fingerprint density at radius 2 is 2.16 bits per heavy atom. The summed E-state index contributed by atoms with van der Waals surface area (Å²) in [6.07, 6.45) is 0.0296. The summed E-state index contributed by atoms with van der Waals surface area (Å²) in [6, 6.07) is 1.25. The zero-order chi connectivity index (χ0) is 23.0. The van der Waals surface area contributed by atoms with Crippen LogP contribution in [0.3, 0.4) is 0 Å². The molecule has 168 valence electrons. The summed E-state index contributed by atoms with van der Waals surface area (Å²) in [6.45, 7) is 1.48. The number of aryl methyl sites for hydroxylation is 1. The van der Waals surface area contributed by atoms with Gasteiger partial charge in [0.2, 0.25) is 12.6 Å². The molecule has 1 aliphatic heterocycles. The van der Waals surface area contributed by atoms with Gasteiger partial charge in [0.15, 0.2) is 11.5 Å². The van der Waals surface area contributed by atoms with Crippen LogP contribution in [0.25, 0.3) is 0 Å². The number of nitrogens with one attached hydrogen (secondary N) is 2. The first-order valence-corrected chi connectivity index (χ1v) is 11.6. The van der Waals surface area contributed by atoms with Crippen LogP contribution in [0.4, 0.5) is 5.88 Å². The number of methoxy groups -OCH3 is 1. The lowest BCUT2D eigenvalue weighted by molar-refractivity contribution is 0.0668. The molecule has 0 aromatic carbocycles. The molecule has 0 saturated carbocycles. The number of allylic oxidation sites excluding steroid dienone is 2. The van der Waals surface area contributed by atoms with Crippen LogP contribution < -0.4 is 10.0 Å². The minimum Gasteiger partial charge on any atom is -0.491 e. The van der Waals surface area contributed by atoms with Crippen LogP contribution in [-0.2, 0) is 29.0 Å². The first-order valence-electron chi connectivity index (χ1n) is 8.82. The van der Waals surface area contributed by atoms with Gasteiger partial charge in [0, 0.05) is 6.42 Å². The quantitative estimate of drug-likeness (QED) is 0.572. The van der Waals surface area contributed by atoms with E-state index in [0.717, 1.165) is 11.3 Å². The predicted octanol–water partition coefficient (Wildman–Crippen LogP) is 2.46. The van der Waals surface area contributed by atoms with Gasteiger partial charge in [-0.05, 0) is 18.4 Å². The van der Waals surface area contributed by atoms with E-state index in [2.05, 4.69) is 15.2 Å². The Morgan fingerprint density at radius 1 is 1.38 bits per heavy atom. The first-order chi connectivity index (χ1) is 15.3. The largest absolute Gasteiger partial charge is 0.491 e. The number of anilines is 1. The number of ether oxygens (including phenoxy) is 3. The lowest BCUT2D eigenvalue weighted by Crippen LogP contribution is -2.29. The van der Waals surface area contributed by atoms with Crippen LogP contribution >= 0.6 is 22.9 Å². The minimum atomic E-state index is -4.25. The average molecular weight is 500 g/mol. The highest BCUT2D eigenvalue weighted by Crippen LogP contribution is 2.37. The summed E-state index contributed by atoms with van der Waals surface area (Å²) in [5.74, 6) is 1.38. The van der Waals surface area contributed by atoms with Crippen molar-refractivity contribution in [3.8, 4) is 0 Å². The number of amides is 1. The zero-order valence-electron chi connectivity index (χ0n) is 16.5. The van der Waals surface area contributed by atoms with E-state index in [1.165, 1.54) is 25.5 Å². The van der Waals surface area contributed by atoms with Crippen LogP contribution in [0.5, 0.6) is 0 Å². The summed E-state index contributed by atoms with van der Waals surface area (Å²) in [7, 11) is -2.92. The molecule has 2 N–H and O–H groups in total. The Balaban J connectivity index is 1.66. The number of hydrogen-bond donors (Lipinski definition) is 2. The van der Waals surface area contributed by atoms with Crippen LogP contribution in [0.1, 0.15) is 21.8 Å². The van der Waals surface area contributed by atoms with E-state index in [1.807, 2.05) is 0 Å². The number of carbonyl (C=O) groups is 1. The van der Waals surface area contributed by atoms with Crippen LogP contribution in [0, 0.1) is 6.92 Å². The van der Waals surface area contributed by atoms with E-state index >= 15 is 0 Å². The number of hydrogen-bond acceptors (Lipinski definition) is 10. The van der Waals surface area contributed by atoms with Gasteiger partial charge in [-0.2, -0.15) is 0 Å². The van der Waals surface area contributed by atoms with Crippen LogP contribution in [-0.4, -0.2) is 39.3 Å². The Bertz CT molecular complexity index is 1330. The van der Waals surface area contributed by atoms with E-state index in [9.17, 15) is 18.0 Å². The fraction of sp³-hybridized carbons (Fsp3) is 0.222. The summed E-state index contributed by atoms with van der Waals surface area (Å²) < 4.78 is 48.7. The molecule has 0 saturated heterocycles. The SMILES string of the molecule is COC1=C(NC(=O)c2sccc2S(=O)(=O)Nc2onc(C)c2Cl)C(=C=O)CC2=C1OCO2. The molecule has 1 aliphatic carbocycles. The lowest BCUT2D eigenvalue weighted by Gasteiger charge is -2.20. The number of rotatable bonds is 6. The van der Waals surface area contributed by atoms with Gasteiger partial charge in [-0.15, -0.1) is 11.3 Å². The van der Waals surface area contributed by atoms with Gasteiger partial charge in [0.05, 0.1) is 12.7 Å². The highest BCUT2D eigenvalue weighted by molar-refractivity contribution is 7.93. The van der Waals surface area contributed by atoms with Crippen molar-refractivity contribution < 1.29 is 36.7 Å². The maximum atomic E-state index is 13.0. The Morgan fingerprint density at radius 3 is 2.81 bits per heavy atom. The normalized spacial score (nSPS) is 15.7. The maximum Gasteiger partial charge on any atom is 0.267 e. The van der Waals surface area contributed by atoms with Gasteiger partial charge in [-0.25, -0.2) is 17.9 Å². The van der Waals surface area contributed by atoms with Crippen molar-refractivity contribution in [3.63, 3.8) is 0 Å². The minimum absolute atomic E-state index is 0.00414. The fourth-order valence-electron chi connectivity index (χ4n) is 2.99. The van der Waals surface area contributed by atoms with E-state index < -0.39 is 15.9 Å². The highest BCUT2D eigenvalue weighted by Gasteiger charge is 2.35. The van der Waals surface area contributed by atoms with Crippen molar-refractivity contribution in [1.82, 2.24) is 10.5 Å². The summed E-state index contributed by atoms with van der Waals surface area (Å²) >= 11 is 6.85. The number of thiophene rings is 1. The van der Waals surface area contributed by atoms with Gasteiger partial charge in [-0.3, -0.25) is 4.79 Å². The molecule has 0 spiro atoms. The zero-order valence-corrected chi connectivity index (χ0v) is 18.9. The Hall–Kier alpha value is -3.25. The molecule has 32 heavy (non-hydrogen) atoms. The summed E-state index contributed by atoms with van der Waals surface area (Å²) in [5, 5.41) is 7.53. The first kappa shape index (κ1) is 22.0. The fourth-order valence-corrected chi connectivity index (χ4v) is 5.48. The molecule has 0 radical (unpaired) electrons. The lowest BCUT2D eigenvalue weighted by atomic mass is 10.0. The molecule has 0 bridgehead atoms. The molecule has 3 heterocycles. The van der Waals surface area contributed by atoms with Crippen molar-refractivity contribution >= 4 is 50.7 Å². The van der Waals surface area contributed by atoms with E-state index in [4.69, 9.17) is 30.3 Å². The van der Waals surface area contributed by atoms with Crippen LogP contribution in [0.2, 0.25) is 5.02 Å². The second-order valence-corrected chi connectivity index (χ2v) is 9.35. The number of halogens is 1. The number of aromatic nitrogens is 1. The van der Waals surface area contributed by atoms with E-state index in [1.54, 1.807) is 5.94 Å². The Kier molecular flexibility index (Phi) is 5.73. The van der Waals surface area contributed by atoms with Gasteiger partial charge >= 0.3 is 0 Å². The highest BCUT2D eigenvalue weighted by atomic mass is 35.5. The standard InChI is InChI=1S/C18H14ClN3O8S2/c1-8-12(19)18(30-21-8)22-32(25,26)11-3-4-31-16(11)17(24)20-13-9(6-23)5-10-14(15(13)27-2)29-7-28-10/h3-4,22H,5,7H2,1-2H3,(H,20,24). The molecule has 11 nitrogen and oxygen atoms in total. The van der Waals surface area contributed by atoms with Crippen molar-refractivity contribution in [2.75, 3.05) is 18.6 Å². The average Bonchev–Trinajstić information content (AvgIpc) is 3.50. The molecule has 1 amide bonds. The molecule has 14 heteroatoms. The maximum absolute atomic E-state index is 13.0. The molecule has 0 unspecified atom stereocenters. The smallest absolute Gasteiger partial charge is 0.267 e.